The Kier molecular flexibility index (Phi) is 22.9. The minimum absolute atomic E-state index is 0.0414. The van der Waals surface area contributed by atoms with E-state index >= 15 is 0 Å². The van der Waals surface area contributed by atoms with Gasteiger partial charge in [0.2, 0.25) is 0 Å². The first-order valence-electron chi connectivity index (χ1n) is 21.2. The Labute approximate surface area is 354 Å². The van der Waals surface area contributed by atoms with Gasteiger partial charge in [0.1, 0.15) is 35.2 Å². The van der Waals surface area contributed by atoms with E-state index in [0.29, 0.717) is 98.2 Å². The van der Waals surface area contributed by atoms with E-state index in [9.17, 15) is 19.2 Å². The molecule has 1 aromatic rings. The highest BCUT2D eigenvalue weighted by Gasteiger charge is 2.30. The third-order valence-corrected chi connectivity index (χ3v) is 9.04. The zero-order valence-corrected chi connectivity index (χ0v) is 38.1. The highest BCUT2D eigenvalue weighted by Crippen LogP contribution is 2.18. The van der Waals surface area contributed by atoms with Crippen LogP contribution in [0.4, 0.5) is 0 Å². The van der Waals surface area contributed by atoms with Crippen LogP contribution in [0.5, 0.6) is 5.75 Å². The number of nitrogens with zero attached hydrogens (tertiary/aromatic N) is 4. The second-order valence-corrected chi connectivity index (χ2v) is 17.9. The molecule has 1 saturated heterocycles. The molecule has 0 unspecified atom stereocenters. The largest absolute Gasteiger partial charge is 0.491 e. The second-order valence-electron chi connectivity index (χ2n) is 17.9. The number of esters is 4. The minimum atomic E-state index is -0.655. The molecule has 0 aliphatic carbocycles. The van der Waals surface area contributed by atoms with Gasteiger partial charge in [-0.3, -0.25) is 38.8 Å². The van der Waals surface area contributed by atoms with Crippen LogP contribution >= 0.6 is 0 Å². The van der Waals surface area contributed by atoms with Gasteiger partial charge in [-0.2, -0.15) is 0 Å². The summed E-state index contributed by atoms with van der Waals surface area (Å²) in [5.74, 6) is -0.650. The molecule has 0 amide bonds. The number of benzene rings is 1. The molecule has 2 rings (SSSR count). The van der Waals surface area contributed by atoms with Crippen molar-refractivity contribution in [3.05, 3.63) is 29.8 Å². The number of carbonyl (C=O) groups excluding carboxylic acids is 4. The lowest BCUT2D eigenvalue weighted by atomic mass is 10.0. The van der Waals surface area contributed by atoms with E-state index in [-0.39, 0.29) is 43.5 Å². The Morgan fingerprint density at radius 3 is 1.41 bits per heavy atom. The van der Waals surface area contributed by atoms with Crippen molar-refractivity contribution >= 4 is 23.9 Å². The van der Waals surface area contributed by atoms with Gasteiger partial charge in [-0.25, -0.2) is 0 Å². The fraction of sp³-hybridized carbons (Fsp3) is 0.773. The third kappa shape index (κ3) is 24.5. The minimum Gasteiger partial charge on any atom is -0.491 e. The average molecular weight is 837 g/mol. The topological polar surface area (TPSA) is 146 Å². The van der Waals surface area contributed by atoms with Gasteiger partial charge in [0, 0.05) is 59.0 Å². The Balaban J connectivity index is 2.28. The summed E-state index contributed by atoms with van der Waals surface area (Å²) in [5, 5.41) is 0. The van der Waals surface area contributed by atoms with Gasteiger partial charge >= 0.3 is 23.9 Å². The van der Waals surface area contributed by atoms with E-state index < -0.39 is 22.8 Å². The predicted octanol–water partition coefficient (Wildman–Crippen LogP) is 4.23. The quantitative estimate of drug-likeness (QED) is 0.105. The molecule has 1 heterocycles. The maximum absolute atomic E-state index is 13.5. The molecular formula is C44H76N4O11. The number of aryl methyl sites for hydroxylation is 1. The fourth-order valence-electron chi connectivity index (χ4n) is 6.43. The molecule has 0 N–H and O–H groups in total. The lowest BCUT2D eigenvalue weighted by Crippen LogP contribution is -2.52. The van der Waals surface area contributed by atoms with Crippen molar-refractivity contribution in [2.45, 2.75) is 111 Å². The van der Waals surface area contributed by atoms with E-state index in [1.54, 1.807) is 0 Å². The molecule has 15 nitrogen and oxygen atoms in total. The summed E-state index contributed by atoms with van der Waals surface area (Å²) in [7, 11) is 1.40. The van der Waals surface area contributed by atoms with Crippen molar-refractivity contribution in [2.24, 2.45) is 0 Å². The lowest BCUT2D eigenvalue weighted by molar-refractivity contribution is -0.159. The maximum atomic E-state index is 13.5. The zero-order valence-electron chi connectivity index (χ0n) is 38.1. The molecule has 1 fully saturated rings. The molecule has 0 bridgehead atoms. The summed E-state index contributed by atoms with van der Waals surface area (Å²) in [5.41, 5.74) is -0.838. The molecule has 0 aromatic heterocycles. The standard InChI is InChI=1S/C44H76N4O11/c1-12-54-28-29-55-30-31-56-36-18-16-35(17-19-36)14-13-15-37(41(52)53-11)48-26-24-46(33-39(50)58-43(5,6)7)22-20-45(32-38(49)57-42(2,3)4)21-23-47(25-27-48)34-40(51)59-44(8,9)10/h16-19,37H,12-15,20-34H2,1-11H3/t37-/m0/s1. The van der Waals surface area contributed by atoms with Crippen LogP contribution in [0.15, 0.2) is 24.3 Å². The van der Waals surface area contributed by atoms with Crippen LogP contribution in [0, 0.1) is 0 Å². The Morgan fingerprint density at radius 2 is 1.00 bits per heavy atom. The third-order valence-electron chi connectivity index (χ3n) is 9.04. The molecular weight excluding hydrogens is 761 g/mol. The van der Waals surface area contributed by atoms with Crippen LogP contribution < -0.4 is 4.74 Å². The average Bonchev–Trinajstić information content (AvgIpc) is 3.11. The van der Waals surface area contributed by atoms with Crippen molar-refractivity contribution in [3.8, 4) is 5.75 Å². The monoisotopic (exact) mass is 837 g/mol. The van der Waals surface area contributed by atoms with E-state index in [4.69, 9.17) is 33.2 Å². The first-order chi connectivity index (χ1) is 27.7. The number of methoxy groups -OCH3 is 1. The predicted molar refractivity (Wildman–Crippen MR) is 226 cm³/mol. The van der Waals surface area contributed by atoms with Crippen LogP contribution in [0.1, 0.15) is 87.6 Å². The van der Waals surface area contributed by atoms with E-state index in [2.05, 4.69) is 4.90 Å². The lowest BCUT2D eigenvalue weighted by Gasteiger charge is -2.36. The molecule has 338 valence electrons. The Bertz CT molecular complexity index is 1340. The summed E-state index contributed by atoms with van der Waals surface area (Å²) >= 11 is 0. The Hall–Kier alpha value is -3.34. The summed E-state index contributed by atoms with van der Waals surface area (Å²) < 4.78 is 39.0. The van der Waals surface area contributed by atoms with Gasteiger partial charge in [0.05, 0.1) is 46.6 Å². The summed E-state index contributed by atoms with van der Waals surface area (Å²) in [4.78, 5) is 60.9. The van der Waals surface area contributed by atoms with Crippen LogP contribution in [0.25, 0.3) is 0 Å². The first kappa shape index (κ1) is 51.8. The van der Waals surface area contributed by atoms with Crippen LogP contribution in [0.3, 0.4) is 0 Å². The van der Waals surface area contributed by atoms with Gasteiger partial charge in [0.25, 0.3) is 0 Å². The van der Waals surface area contributed by atoms with Crippen LogP contribution in [-0.2, 0) is 54.0 Å². The van der Waals surface area contributed by atoms with Gasteiger partial charge in [-0.05, 0) is 106 Å². The van der Waals surface area contributed by atoms with Gasteiger partial charge in [-0.15, -0.1) is 0 Å². The number of hydrogen-bond donors (Lipinski definition) is 0. The van der Waals surface area contributed by atoms with E-state index in [1.165, 1.54) is 7.11 Å². The van der Waals surface area contributed by atoms with Gasteiger partial charge in [0.15, 0.2) is 0 Å². The molecule has 0 saturated carbocycles. The smallest absolute Gasteiger partial charge is 0.323 e. The van der Waals surface area contributed by atoms with Crippen LogP contribution in [-0.4, -0.2) is 178 Å². The first-order valence-corrected chi connectivity index (χ1v) is 21.2. The summed E-state index contributed by atoms with van der Waals surface area (Å²) in [6, 6.07) is 7.38. The molecule has 0 spiro atoms. The normalized spacial score (nSPS) is 16.7. The van der Waals surface area contributed by atoms with Crippen LogP contribution in [0.2, 0.25) is 0 Å². The fourth-order valence-corrected chi connectivity index (χ4v) is 6.43. The molecule has 0 radical (unpaired) electrons. The summed E-state index contributed by atoms with van der Waals surface area (Å²) in [6.45, 7) is 24.8. The SMILES string of the molecule is CCOCCOCCOc1ccc(CCC[C@@H](C(=O)OC)N2CCN(CC(=O)OC(C)(C)C)CCN(CC(=O)OC(C)(C)C)CCN(CC(=O)OC(C)(C)C)CC2)cc1. The molecule has 1 aromatic carbocycles. The molecule has 59 heavy (non-hydrogen) atoms. The van der Waals surface area contributed by atoms with Gasteiger partial charge < -0.3 is 33.2 Å². The molecule has 15 heteroatoms. The highest BCUT2D eigenvalue weighted by molar-refractivity contribution is 5.75. The van der Waals surface area contributed by atoms with Gasteiger partial charge in [-0.1, -0.05) is 12.1 Å². The number of ether oxygens (including phenoxy) is 7. The number of hydrogen-bond acceptors (Lipinski definition) is 15. The zero-order chi connectivity index (χ0) is 44.1. The van der Waals surface area contributed by atoms with Crippen molar-refractivity contribution in [1.29, 1.82) is 0 Å². The van der Waals surface area contributed by atoms with Crippen molar-refractivity contribution in [3.63, 3.8) is 0 Å². The molecule has 1 aliphatic rings. The maximum Gasteiger partial charge on any atom is 0.323 e. The van der Waals surface area contributed by atoms with E-state index in [1.807, 2.05) is 108 Å². The van der Waals surface area contributed by atoms with E-state index in [0.717, 1.165) is 17.7 Å². The van der Waals surface area contributed by atoms with Crippen molar-refractivity contribution < 1.29 is 52.3 Å². The highest BCUT2D eigenvalue weighted by atomic mass is 16.6. The summed E-state index contributed by atoms with van der Waals surface area (Å²) in [6.07, 6.45) is 1.99. The molecule has 1 atom stereocenters. The van der Waals surface area contributed by atoms with Crippen molar-refractivity contribution in [2.75, 3.05) is 112 Å². The second kappa shape index (κ2) is 26.1. The molecule has 1 aliphatic heterocycles. The Morgan fingerprint density at radius 1 is 0.593 bits per heavy atom. The number of rotatable bonds is 20. The number of carbonyl (C=O) groups is 4. The van der Waals surface area contributed by atoms with Crippen molar-refractivity contribution in [1.82, 2.24) is 19.6 Å².